The molecular formula is C11H13N3S. The molecule has 4 heteroatoms. The summed E-state index contributed by atoms with van der Waals surface area (Å²) < 4.78 is 0. The maximum atomic E-state index is 8.74. The zero-order chi connectivity index (χ0) is 10.5. The van der Waals surface area contributed by atoms with Crippen molar-refractivity contribution in [2.75, 3.05) is 12.3 Å². The van der Waals surface area contributed by atoms with Gasteiger partial charge in [-0.2, -0.15) is 5.26 Å². The van der Waals surface area contributed by atoms with Crippen LogP contribution in [-0.4, -0.2) is 23.3 Å². The minimum atomic E-state index is 0.613. The van der Waals surface area contributed by atoms with Crippen LogP contribution in [0.5, 0.6) is 0 Å². The Bertz CT molecular complexity index is 366. The van der Waals surface area contributed by atoms with E-state index in [0.29, 0.717) is 11.6 Å². The Hall–Kier alpha value is -1.05. The molecule has 1 saturated heterocycles. The zero-order valence-electron chi connectivity index (χ0n) is 8.44. The first-order valence-electron chi connectivity index (χ1n) is 5.11. The molecule has 0 amide bonds. The van der Waals surface area contributed by atoms with Gasteiger partial charge in [-0.25, -0.2) is 4.98 Å². The molecule has 15 heavy (non-hydrogen) atoms. The Morgan fingerprint density at radius 3 is 3.33 bits per heavy atom. The lowest BCUT2D eigenvalue weighted by atomic mass is 10.3. The van der Waals surface area contributed by atoms with Crippen LogP contribution in [0.4, 0.5) is 0 Å². The van der Waals surface area contributed by atoms with Gasteiger partial charge in [0.15, 0.2) is 0 Å². The number of rotatable bonds is 3. The molecule has 2 heterocycles. The smallest absolute Gasteiger partial charge is 0.0993 e. The third-order valence-electron chi connectivity index (χ3n) is 2.46. The molecule has 0 saturated carbocycles. The van der Waals surface area contributed by atoms with E-state index in [1.807, 2.05) is 6.07 Å². The average Bonchev–Trinajstić information content (AvgIpc) is 2.79. The van der Waals surface area contributed by atoms with Crippen LogP contribution >= 0.6 is 11.8 Å². The number of hydrogen-bond acceptors (Lipinski definition) is 4. The van der Waals surface area contributed by atoms with Crippen LogP contribution in [0.3, 0.4) is 0 Å². The van der Waals surface area contributed by atoms with E-state index in [1.54, 1.807) is 24.0 Å². The van der Waals surface area contributed by atoms with Gasteiger partial charge in [0.1, 0.15) is 0 Å². The van der Waals surface area contributed by atoms with Gasteiger partial charge in [-0.3, -0.25) is 0 Å². The minimum absolute atomic E-state index is 0.613. The molecule has 0 radical (unpaired) electrons. The third kappa shape index (κ3) is 2.95. The van der Waals surface area contributed by atoms with Gasteiger partial charge in [-0.05, 0) is 31.5 Å². The number of pyridine rings is 1. The third-order valence-corrected chi connectivity index (χ3v) is 3.55. The van der Waals surface area contributed by atoms with E-state index >= 15 is 0 Å². The lowest BCUT2D eigenvalue weighted by Crippen LogP contribution is -2.23. The summed E-state index contributed by atoms with van der Waals surface area (Å²) in [6.07, 6.45) is 4.23. The number of nitrogens with zero attached hydrogens (tertiary/aromatic N) is 2. The highest BCUT2D eigenvalue weighted by atomic mass is 32.2. The van der Waals surface area contributed by atoms with Crippen LogP contribution in [-0.2, 0) is 0 Å². The summed E-state index contributed by atoms with van der Waals surface area (Å²) in [6, 6.07) is 6.32. The number of nitriles is 1. The predicted molar refractivity (Wildman–Crippen MR) is 60.7 cm³/mol. The van der Waals surface area contributed by atoms with Crippen molar-refractivity contribution in [1.29, 1.82) is 5.26 Å². The summed E-state index contributed by atoms with van der Waals surface area (Å²) in [7, 11) is 0. The molecular weight excluding hydrogens is 206 g/mol. The number of hydrogen-bond donors (Lipinski definition) is 1. The Kier molecular flexibility index (Phi) is 3.59. The summed E-state index contributed by atoms with van der Waals surface area (Å²) in [5.41, 5.74) is 0.687. The fourth-order valence-corrected chi connectivity index (χ4v) is 2.65. The first kappa shape index (κ1) is 10.5. The topological polar surface area (TPSA) is 48.7 Å². The molecule has 1 atom stereocenters. The monoisotopic (exact) mass is 219 g/mol. The highest BCUT2D eigenvalue weighted by molar-refractivity contribution is 7.99. The van der Waals surface area contributed by atoms with E-state index in [2.05, 4.69) is 16.4 Å². The van der Waals surface area contributed by atoms with Crippen molar-refractivity contribution >= 4 is 11.8 Å². The first-order chi connectivity index (χ1) is 7.38. The van der Waals surface area contributed by atoms with Crippen molar-refractivity contribution in [3.63, 3.8) is 0 Å². The number of nitrogens with one attached hydrogen (secondary N) is 1. The Morgan fingerprint density at radius 1 is 1.67 bits per heavy atom. The SMILES string of the molecule is N#Cc1ccnc(SCC2CCCN2)c1. The molecule has 1 aliphatic rings. The van der Waals surface area contributed by atoms with E-state index in [4.69, 9.17) is 5.26 Å². The molecule has 78 valence electrons. The van der Waals surface area contributed by atoms with Crippen LogP contribution in [0.15, 0.2) is 23.4 Å². The second kappa shape index (κ2) is 5.15. The van der Waals surface area contributed by atoms with E-state index in [0.717, 1.165) is 17.3 Å². The molecule has 2 rings (SSSR count). The van der Waals surface area contributed by atoms with Gasteiger partial charge in [-0.15, -0.1) is 11.8 Å². The lowest BCUT2D eigenvalue weighted by Gasteiger charge is -2.08. The lowest BCUT2D eigenvalue weighted by molar-refractivity contribution is 0.673. The quantitative estimate of drug-likeness (QED) is 0.787. The summed E-state index contributed by atoms with van der Waals surface area (Å²) in [5, 5.41) is 13.1. The molecule has 1 aromatic heterocycles. The standard InChI is InChI=1S/C11H13N3S/c12-7-9-3-5-14-11(6-9)15-8-10-2-1-4-13-10/h3,5-6,10,13H,1-2,4,8H2. The number of thioether (sulfide) groups is 1. The fourth-order valence-electron chi connectivity index (χ4n) is 1.64. The molecule has 1 fully saturated rings. The molecule has 0 bridgehead atoms. The minimum Gasteiger partial charge on any atom is -0.313 e. The van der Waals surface area contributed by atoms with Crippen LogP contribution in [0.25, 0.3) is 0 Å². The molecule has 1 unspecified atom stereocenters. The summed E-state index contributed by atoms with van der Waals surface area (Å²) >= 11 is 1.72. The highest BCUT2D eigenvalue weighted by Gasteiger charge is 2.14. The van der Waals surface area contributed by atoms with E-state index in [-0.39, 0.29) is 0 Å². The van der Waals surface area contributed by atoms with Gasteiger partial charge >= 0.3 is 0 Å². The molecule has 1 aliphatic heterocycles. The van der Waals surface area contributed by atoms with Crippen LogP contribution < -0.4 is 5.32 Å². The number of aromatic nitrogens is 1. The molecule has 1 N–H and O–H groups in total. The van der Waals surface area contributed by atoms with Gasteiger partial charge in [0.25, 0.3) is 0 Å². The Labute approximate surface area is 93.9 Å². The first-order valence-corrected chi connectivity index (χ1v) is 6.09. The average molecular weight is 219 g/mol. The van der Waals surface area contributed by atoms with Crippen molar-refractivity contribution in [3.8, 4) is 6.07 Å². The van der Waals surface area contributed by atoms with Gasteiger partial charge in [0.2, 0.25) is 0 Å². The van der Waals surface area contributed by atoms with Gasteiger partial charge in [0.05, 0.1) is 16.7 Å². The normalized spacial score (nSPS) is 20.1. The molecule has 0 aromatic carbocycles. The Morgan fingerprint density at radius 2 is 2.60 bits per heavy atom. The summed E-state index contributed by atoms with van der Waals surface area (Å²) in [4.78, 5) is 4.23. The Balaban J connectivity index is 1.90. The van der Waals surface area contributed by atoms with E-state index in [1.165, 1.54) is 12.8 Å². The van der Waals surface area contributed by atoms with E-state index in [9.17, 15) is 0 Å². The van der Waals surface area contributed by atoms with Crippen molar-refractivity contribution in [2.45, 2.75) is 23.9 Å². The van der Waals surface area contributed by atoms with Crippen LogP contribution in [0.2, 0.25) is 0 Å². The van der Waals surface area contributed by atoms with E-state index < -0.39 is 0 Å². The summed E-state index contributed by atoms with van der Waals surface area (Å²) in [5.74, 6) is 1.04. The fraction of sp³-hybridized carbons (Fsp3) is 0.455. The maximum Gasteiger partial charge on any atom is 0.0993 e. The van der Waals surface area contributed by atoms with Gasteiger partial charge in [0, 0.05) is 18.0 Å². The largest absolute Gasteiger partial charge is 0.313 e. The predicted octanol–water partition coefficient (Wildman–Crippen LogP) is 1.80. The zero-order valence-corrected chi connectivity index (χ0v) is 9.26. The maximum absolute atomic E-state index is 8.74. The van der Waals surface area contributed by atoms with Crippen molar-refractivity contribution in [3.05, 3.63) is 23.9 Å². The van der Waals surface area contributed by atoms with Gasteiger partial charge < -0.3 is 5.32 Å². The second-order valence-electron chi connectivity index (χ2n) is 3.60. The highest BCUT2D eigenvalue weighted by Crippen LogP contribution is 2.19. The van der Waals surface area contributed by atoms with Crippen molar-refractivity contribution in [1.82, 2.24) is 10.3 Å². The molecule has 3 nitrogen and oxygen atoms in total. The summed E-state index contributed by atoms with van der Waals surface area (Å²) in [6.45, 7) is 1.14. The molecule has 0 spiro atoms. The van der Waals surface area contributed by atoms with Crippen LogP contribution in [0.1, 0.15) is 18.4 Å². The van der Waals surface area contributed by atoms with Crippen molar-refractivity contribution < 1.29 is 0 Å². The van der Waals surface area contributed by atoms with Crippen molar-refractivity contribution in [2.24, 2.45) is 0 Å². The molecule has 0 aliphatic carbocycles. The van der Waals surface area contributed by atoms with Gasteiger partial charge in [-0.1, -0.05) is 0 Å². The van der Waals surface area contributed by atoms with Crippen LogP contribution in [0, 0.1) is 11.3 Å². The molecule has 1 aromatic rings. The second-order valence-corrected chi connectivity index (χ2v) is 4.64.